The number of nitrogens with zero attached hydrogens (tertiary/aromatic N) is 1. The number of rotatable bonds is 4. The molecule has 1 amide bonds. The minimum absolute atomic E-state index is 0. The third-order valence-electron chi connectivity index (χ3n) is 4.45. The van der Waals surface area contributed by atoms with E-state index in [0.29, 0.717) is 12.0 Å². The molecule has 0 unspecified atom stereocenters. The van der Waals surface area contributed by atoms with Crippen molar-refractivity contribution in [3.05, 3.63) is 12.3 Å². The Morgan fingerprint density at radius 3 is 2.83 bits per heavy atom. The van der Waals surface area contributed by atoms with E-state index >= 15 is 0 Å². The van der Waals surface area contributed by atoms with E-state index < -0.39 is 0 Å². The van der Waals surface area contributed by atoms with Crippen LogP contribution in [0.1, 0.15) is 53.8 Å². The molecule has 1 aliphatic carbocycles. The van der Waals surface area contributed by atoms with Crippen molar-refractivity contribution in [3.63, 3.8) is 0 Å². The van der Waals surface area contributed by atoms with Crippen LogP contribution in [-0.2, 0) is 4.79 Å². The number of likely N-dealkylation sites (N-methyl/N-ethyl adjacent to an activating group) is 1. The first-order valence-corrected chi connectivity index (χ1v) is 7.45. The Balaban J connectivity index is 0.00000180. The molecule has 0 aromatic heterocycles. The number of amides is 1. The van der Waals surface area contributed by atoms with E-state index in [4.69, 9.17) is 0 Å². The van der Waals surface area contributed by atoms with Crippen LogP contribution in [0.2, 0.25) is 0 Å². The second-order valence-electron chi connectivity index (χ2n) is 5.66. The fourth-order valence-electron chi connectivity index (χ4n) is 3.22. The third kappa shape index (κ3) is 3.06. The van der Waals surface area contributed by atoms with Crippen molar-refractivity contribution in [3.8, 4) is 0 Å². The normalized spacial score (nSPS) is 26.3. The fourth-order valence-corrected chi connectivity index (χ4v) is 3.22. The van der Waals surface area contributed by atoms with E-state index in [0.717, 1.165) is 13.0 Å². The van der Waals surface area contributed by atoms with Gasteiger partial charge in [0.2, 0.25) is 5.91 Å². The van der Waals surface area contributed by atoms with Crippen LogP contribution in [0.15, 0.2) is 12.3 Å². The molecule has 18 heavy (non-hydrogen) atoms. The van der Waals surface area contributed by atoms with E-state index in [9.17, 15) is 4.79 Å². The highest BCUT2D eigenvalue weighted by Gasteiger charge is 2.28. The summed E-state index contributed by atoms with van der Waals surface area (Å²) >= 11 is 0. The molecule has 2 atom stereocenters. The van der Waals surface area contributed by atoms with E-state index in [1.165, 1.54) is 32.1 Å². The summed E-state index contributed by atoms with van der Waals surface area (Å²) in [5, 5.41) is 3.24. The average Bonchev–Trinajstić information content (AvgIpc) is 2.88. The van der Waals surface area contributed by atoms with Crippen LogP contribution in [0, 0.1) is 5.92 Å². The second kappa shape index (κ2) is 6.26. The minimum Gasteiger partial charge on any atom is -0.366 e. The summed E-state index contributed by atoms with van der Waals surface area (Å²) in [6, 6.07) is 0.359. The van der Waals surface area contributed by atoms with Gasteiger partial charge in [0.15, 0.2) is 0 Å². The molecule has 1 fully saturated rings. The predicted octanol–water partition coefficient (Wildman–Crippen LogP) is 2.93. The van der Waals surface area contributed by atoms with Crippen LogP contribution in [-0.4, -0.2) is 29.4 Å². The lowest BCUT2D eigenvalue weighted by Gasteiger charge is -2.31. The summed E-state index contributed by atoms with van der Waals surface area (Å²) in [4.78, 5) is 14.4. The van der Waals surface area contributed by atoms with Gasteiger partial charge in [0.05, 0.1) is 0 Å². The van der Waals surface area contributed by atoms with Gasteiger partial charge in [-0.1, -0.05) is 25.3 Å². The smallest absolute Gasteiger partial charge is 0.243 e. The van der Waals surface area contributed by atoms with Gasteiger partial charge in [-0.05, 0) is 45.2 Å². The monoisotopic (exact) mass is 252 g/mol. The Morgan fingerprint density at radius 2 is 2.17 bits per heavy atom. The molecule has 0 aromatic carbocycles. The van der Waals surface area contributed by atoms with Crippen molar-refractivity contribution >= 4 is 5.91 Å². The van der Waals surface area contributed by atoms with E-state index in [-0.39, 0.29) is 13.4 Å². The summed E-state index contributed by atoms with van der Waals surface area (Å²) in [6.07, 6.45) is 11.6. The van der Waals surface area contributed by atoms with Gasteiger partial charge < -0.3 is 10.2 Å². The first kappa shape index (κ1) is 13.4. The highest BCUT2D eigenvalue weighted by atomic mass is 16.2. The zero-order valence-electron chi connectivity index (χ0n) is 11.7. The standard InChI is InChI=1S/C15H26N2O.H2/c1-3-17-11-7-10-14(17)15(18)16-12(2)13-8-5-4-6-9-13;/h7,11-14H,3-6,8-10H2,1-2H3,(H,16,18);1H/t12-,14+;/m1./s1. The van der Waals surface area contributed by atoms with Gasteiger partial charge in [0.25, 0.3) is 0 Å². The average molecular weight is 252 g/mol. The van der Waals surface area contributed by atoms with Gasteiger partial charge >= 0.3 is 0 Å². The molecular weight excluding hydrogens is 224 g/mol. The first-order chi connectivity index (χ1) is 8.72. The molecular formula is C15H28N2O. The van der Waals surface area contributed by atoms with E-state index in [2.05, 4.69) is 36.3 Å². The molecule has 0 saturated heterocycles. The predicted molar refractivity (Wildman–Crippen MR) is 76.2 cm³/mol. The summed E-state index contributed by atoms with van der Waals surface area (Å²) in [5.74, 6) is 0.895. The van der Waals surface area contributed by atoms with Crippen molar-refractivity contribution in [2.45, 2.75) is 64.5 Å². The van der Waals surface area contributed by atoms with Crippen LogP contribution in [0.5, 0.6) is 0 Å². The molecule has 1 aliphatic heterocycles. The number of carbonyl (C=O) groups excluding carboxylic acids is 1. The molecule has 2 aliphatic rings. The molecule has 104 valence electrons. The Labute approximate surface area is 112 Å². The Hall–Kier alpha value is -0.990. The lowest BCUT2D eigenvalue weighted by molar-refractivity contribution is -0.126. The zero-order valence-corrected chi connectivity index (χ0v) is 11.7. The lowest BCUT2D eigenvalue weighted by atomic mass is 9.84. The maximum atomic E-state index is 12.3. The highest BCUT2D eigenvalue weighted by molar-refractivity contribution is 5.82. The minimum atomic E-state index is 0. The van der Waals surface area contributed by atoms with Gasteiger partial charge in [-0.3, -0.25) is 4.79 Å². The second-order valence-corrected chi connectivity index (χ2v) is 5.66. The summed E-state index contributed by atoms with van der Waals surface area (Å²) < 4.78 is 0. The van der Waals surface area contributed by atoms with Crippen LogP contribution in [0.4, 0.5) is 0 Å². The third-order valence-corrected chi connectivity index (χ3v) is 4.45. The topological polar surface area (TPSA) is 32.3 Å². The largest absolute Gasteiger partial charge is 0.366 e. The molecule has 1 N–H and O–H groups in total. The number of hydrogen-bond donors (Lipinski definition) is 1. The first-order valence-electron chi connectivity index (χ1n) is 7.45. The van der Waals surface area contributed by atoms with Gasteiger partial charge in [-0.25, -0.2) is 0 Å². The zero-order chi connectivity index (χ0) is 13.0. The molecule has 1 saturated carbocycles. The van der Waals surface area contributed by atoms with Crippen LogP contribution < -0.4 is 5.32 Å². The number of carbonyl (C=O) groups is 1. The number of nitrogens with one attached hydrogen (secondary N) is 1. The Kier molecular flexibility index (Phi) is 4.67. The molecule has 0 aromatic rings. The summed E-state index contributed by atoms with van der Waals surface area (Å²) in [6.45, 7) is 5.18. The van der Waals surface area contributed by atoms with Crippen molar-refractivity contribution < 1.29 is 6.22 Å². The number of hydrogen-bond acceptors (Lipinski definition) is 2. The van der Waals surface area contributed by atoms with Gasteiger partial charge in [0.1, 0.15) is 6.04 Å². The summed E-state index contributed by atoms with van der Waals surface area (Å²) in [7, 11) is 0. The van der Waals surface area contributed by atoms with Gasteiger partial charge in [0, 0.05) is 14.0 Å². The molecule has 0 bridgehead atoms. The molecule has 3 heteroatoms. The van der Waals surface area contributed by atoms with E-state index in [1.54, 1.807) is 0 Å². The van der Waals surface area contributed by atoms with Gasteiger partial charge in [-0.15, -0.1) is 0 Å². The molecule has 2 rings (SSSR count). The van der Waals surface area contributed by atoms with Crippen molar-refractivity contribution in [2.24, 2.45) is 5.92 Å². The quantitative estimate of drug-likeness (QED) is 0.834. The molecule has 3 nitrogen and oxygen atoms in total. The highest BCUT2D eigenvalue weighted by Crippen LogP contribution is 2.26. The molecule has 1 heterocycles. The molecule has 0 radical (unpaired) electrons. The SMILES string of the molecule is CCN1C=CC[C@H]1C(=O)N[C@H](C)C1CCCCC1.[HH]. The van der Waals surface area contributed by atoms with Crippen LogP contribution >= 0.6 is 0 Å². The lowest BCUT2D eigenvalue weighted by Crippen LogP contribution is -2.47. The van der Waals surface area contributed by atoms with Crippen LogP contribution in [0.25, 0.3) is 0 Å². The maximum Gasteiger partial charge on any atom is 0.243 e. The Bertz CT molecular complexity index is 313. The van der Waals surface area contributed by atoms with Crippen LogP contribution in [0.3, 0.4) is 0 Å². The van der Waals surface area contributed by atoms with Crippen molar-refractivity contribution in [2.75, 3.05) is 6.54 Å². The van der Waals surface area contributed by atoms with Crippen molar-refractivity contribution in [1.82, 2.24) is 10.2 Å². The van der Waals surface area contributed by atoms with Crippen molar-refractivity contribution in [1.29, 1.82) is 0 Å². The van der Waals surface area contributed by atoms with E-state index in [1.807, 2.05) is 0 Å². The Morgan fingerprint density at radius 1 is 1.44 bits per heavy atom. The fraction of sp³-hybridized carbons (Fsp3) is 0.800. The summed E-state index contributed by atoms with van der Waals surface area (Å²) in [5.41, 5.74) is 0. The van der Waals surface area contributed by atoms with Gasteiger partial charge in [-0.2, -0.15) is 0 Å². The maximum absolute atomic E-state index is 12.3. The molecule has 0 spiro atoms.